The van der Waals surface area contributed by atoms with E-state index in [-0.39, 0.29) is 11.7 Å². The lowest BCUT2D eigenvalue weighted by molar-refractivity contribution is 0.0941. The Morgan fingerprint density at radius 1 is 1.08 bits per heavy atom. The minimum Gasteiger partial charge on any atom is -0.287 e. The summed E-state index contributed by atoms with van der Waals surface area (Å²) in [5.41, 5.74) is 2.18. The highest BCUT2D eigenvalue weighted by molar-refractivity contribution is 5.96. The molecule has 0 N–H and O–H groups in total. The van der Waals surface area contributed by atoms with Gasteiger partial charge in [0.25, 0.3) is 0 Å². The number of carbonyl (C=O) groups is 1. The van der Waals surface area contributed by atoms with Gasteiger partial charge >= 0.3 is 0 Å². The van der Waals surface area contributed by atoms with Crippen molar-refractivity contribution in [2.75, 3.05) is 0 Å². The van der Waals surface area contributed by atoms with Gasteiger partial charge in [-0.15, -0.1) is 0 Å². The molecule has 0 atom stereocenters. The summed E-state index contributed by atoms with van der Waals surface area (Å²) in [7, 11) is 0. The number of nitrogens with zero attached hydrogens (tertiary/aromatic N) is 1. The number of halogens is 1. The molecule has 0 saturated carbocycles. The van der Waals surface area contributed by atoms with Crippen molar-refractivity contribution in [2.45, 2.75) is 33.6 Å². The highest BCUT2D eigenvalue weighted by Crippen LogP contribution is 2.35. The first kappa shape index (κ1) is 18.1. The van der Waals surface area contributed by atoms with Crippen LogP contribution >= 0.6 is 0 Å². The van der Waals surface area contributed by atoms with Crippen LogP contribution in [0.4, 0.5) is 4.39 Å². The molecular weight excluding hydrogens is 325 g/mol. The zero-order valence-corrected chi connectivity index (χ0v) is 15.5. The van der Waals surface area contributed by atoms with Gasteiger partial charge in [-0.2, -0.15) is 0 Å². The van der Waals surface area contributed by atoms with Crippen LogP contribution in [0.3, 0.4) is 0 Å². The number of fused-ring (bicyclic) bond motifs is 1. The van der Waals surface area contributed by atoms with Crippen LogP contribution < -0.4 is 0 Å². The topological polar surface area (TPSA) is 22.0 Å². The van der Waals surface area contributed by atoms with Gasteiger partial charge in [0.05, 0.1) is 5.52 Å². The van der Waals surface area contributed by atoms with E-state index in [9.17, 15) is 4.79 Å². The predicted octanol–water partition coefficient (Wildman–Crippen LogP) is 6.27. The number of allylic oxidation sites excluding steroid dienone is 1. The maximum Gasteiger partial charge on any atom is 0.227 e. The average Bonchev–Trinajstić information content (AvgIpc) is 3.00. The Kier molecular flexibility index (Phi) is 5.08. The third-order valence-corrected chi connectivity index (χ3v) is 4.89. The highest BCUT2D eigenvalue weighted by atomic mass is 19.1. The van der Waals surface area contributed by atoms with Crippen molar-refractivity contribution in [3.05, 3.63) is 77.7 Å². The van der Waals surface area contributed by atoms with E-state index < -0.39 is 5.41 Å². The monoisotopic (exact) mass is 349 g/mol. The second-order valence-electron chi connectivity index (χ2n) is 7.35. The van der Waals surface area contributed by atoms with Crippen LogP contribution in [0.25, 0.3) is 17.0 Å². The van der Waals surface area contributed by atoms with E-state index >= 15 is 4.39 Å². The van der Waals surface area contributed by atoms with Crippen LogP contribution in [-0.4, -0.2) is 10.5 Å². The molecule has 0 saturated heterocycles. The number of hydrogen-bond acceptors (Lipinski definition) is 1. The molecule has 3 rings (SSSR count). The van der Waals surface area contributed by atoms with Crippen LogP contribution in [0, 0.1) is 5.41 Å². The minimum atomic E-state index is -0.574. The van der Waals surface area contributed by atoms with Crippen molar-refractivity contribution >= 4 is 22.9 Å². The van der Waals surface area contributed by atoms with Gasteiger partial charge in [0, 0.05) is 29.5 Å². The molecule has 3 aromatic rings. The van der Waals surface area contributed by atoms with Gasteiger partial charge < -0.3 is 0 Å². The maximum atomic E-state index is 15.1. The second kappa shape index (κ2) is 7.28. The van der Waals surface area contributed by atoms with Crippen LogP contribution in [0.15, 0.2) is 66.6 Å². The molecule has 26 heavy (non-hydrogen) atoms. The smallest absolute Gasteiger partial charge is 0.227 e. The van der Waals surface area contributed by atoms with Crippen molar-refractivity contribution in [2.24, 2.45) is 5.41 Å². The normalized spacial score (nSPS) is 12.5. The molecule has 1 heterocycles. The van der Waals surface area contributed by atoms with E-state index in [0.717, 1.165) is 22.9 Å². The summed E-state index contributed by atoms with van der Waals surface area (Å²) >= 11 is 0. The van der Waals surface area contributed by atoms with E-state index in [4.69, 9.17) is 0 Å². The van der Waals surface area contributed by atoms with Crippen molar-refractivity contribution in [1.82, 2.24) is 4.57 Å². The molecule has 2 nitrogen and oxygen atoms in total. The van der Waals surface area contributed by atoms with E-state index in [1.165, 1.54) is 12.5 Å². The molecule has 2 aromatic carbocycles. The van der Waals surface area contributed by atoms with Crippen LogP contribution in [0.1, 0.15) is 43.1 Å². The molecule has 0 bridgehead atoms. The first-order valence-corrected chi connectivity index (χ1v) is 8.91. The SMILES string of the molecule is CC(=O)n1cc(/C=C(/F)C(C)(C)CCc2ccccc2)c2ccccc21. The molecule has 0 aliphatic carbocycles. The van der Waals surface area contributed by atoms with Crippen LogP contribution in [0.2, 0.25) is 0 Å². The Bertz CT molecular complexity index is 951. The Morgan fingerprint density at radius 2 is 1.73 bits per heavy atom. The number of aromatic nitrogens is 1. The van der Waals surface area contributed by atoms with Crippen LogP contribution in [0.5, 0.6) is 0 Å². The average molecular weight is 349 g/mol. The van der Waals surface area contributed by atoms with E-state index in [0.29, 0.717) is 6.42 Å². The number of aryl methyl sites for hydroxylation is 1. The Morgan fingerprint density at radius 3 is 2.42 bits per heavy atom. The number of hydrogen-bond donors (Lipinski definition) is 0. The number of para-hydroxylation sites is 1. The van der Waals surface area contributed by atoms with Crippen molar-refractivity contribution in [3.63, 3.8) is 0 Å². The second-order valence-corrected chi connectivity index (χ2v) is 7.35. The van der Waals surface area contributed by atoms with Gasteiger partial charge in [0.1, 0.15) is 5.83 Å². The summed E-state index contributed by atoms with van der Waals surface area (Å²) in [5, 5.41) is 0.886. The summed E-state index contributed by atoms with van der Waals surface area (Å²) in [6.07, 6.45) is 4.83. The molecule has 0 aliphatic rings. The molecule has 3 heteroatoms. The summed E-state index contributed by atoms with van der Waals surface area (Å²) in [5.74, 6) is -0.246. The largest absolute Gasteiger partial charge is 0.287 e. The van der Waals surface area contributed by atoms with Gasteiger partial charge in [-0.3, -0.25) is 9.36 Å². The first-order chi connectivity index (χ1) is 12.4. The lowest BCUT2D eigenvalue weighted by atomic mass is 9.84. The zero-order valence-electron chi connectivity index (χ0n) is 15.5. The van der Waals surface area contributed by atoms with Gasteiger partial charge in [0.15, 0.2) is 0 Å². The van der Waals surface area contributed by atoms with Gasteiger partial charge in [-0.25, -0.2) is 4.39 Å². The molecule has 134 valence electrons. The quantitative estimate of drug-likeness (QED) is 0.532. The lowest BCUT2D eigenvalue weighted by Gasteiger charge is -2.22. The molecule has 1 aromatic heterocycles. The fourth-order valence-corrected chi connectivity index (χ4v) is 3.13. The molecule has 0 spiro atoms. The number of rotatable bonds is 5. The van der Waals surface area contributed by atoms with Crippen molar-refractivity contribution < 1.29 is 9.18 Å². The van der Waals surface area contributed by atoms with Crippen molar-refractivity contribution in [3.8, 4) is 0 Å². The van der Waals surface area contributed by atoms with Gasteiger partial charge in [0.2, 0.25) is 5.91 Å². The standard InChI is InChI=1S/C23H24FNO/c1-17(26)25-16-19(20-11-7-8-12-21(20)25)15-22(24)23(2,3)14-13-18-9-5-4-6-10-18/h4-12,15-16H,13-14H2,1-3H3/b22-15+. The molecule has 0 amide bonds. The maximum absolute atomic E-state index is 15.1. The van der Waals surface area contributed by atoms with Gasteiger partial charge in [-0.05, 0) is 30.5 Å². The highest BCUT2D eigenvalue weighted by Gasteiger charge is 2.24. The molecule has 0 radical (unpaired) electrons. The minimum absolute atomic E-state index is 0.0791. The summed E-state index contributed by atoms with van der Waals surface area (Å²) in [4.78, 5) is 11.9. The first-order valence-electron chi connectivity index (χ1n) is 8.91. The fraction of sp³-hybridized carbons (Fsp3) is 0.261. The Balaban J connectivity index is 1.89. The third kappa shape index (κ3) is 3.77. The number of carbonyl (C=O) groups excluding carboxylic acids is 1. The summed E-state index contributed by atoms with van der Waals surface area (Å²) in [6.45, 7) is 5.36. The zero-order chi connectivity index (χ0) is 18.7. The third-order valence-electron chi connectivity index (χ3n) is 4.89. The molecular formula is C23H24FNO. The van der Waals surface area contributed by atoms with E-state index in [1.54, 1.807) is 16.8 Å². The number of benzene rings is 2. The fourth-order valence-electron chi connectivity index (χ4n) is 3.13. The molecule has 0 fully saturated rings. The van der Waals surface area contributed by atoms with Crippen molar-refractivity contribution in [1.29, 1.82) is 0 Å². The summed E-state index contributed by atoms with van der Waals surface area (Å²) in [6, 6.07) is 17.7. The van der Waals surface area contributed by atoms with E-state index in [2.05, 4.69) is 12.1 Å². The summed E-state index contributed by atoms with van der Waals surface area (Å²) < 4.78 is 16.6. The molecule has 0 aliphatic heterocycles. The van der Waals surface area contributed by atoms with Gasteiger partial charge in [-0.1, -0.05) is 62.4 Å². The molecule has 0 unspecified atom stereocenters. The predicted molar refractivity (Wildman–Crippen MR) is 106 cm³/mol. The Hall–Kier alpha value is -2.68. The van der Waals surface area contributed by atoms with Crippen LogP contribution in [-0.2, 0) is 6.42 Å². The Labute approximate surface area is 154 Å². The van der Waals surface area contributed by atoms with E-state index in [1.807, 2.05) is 56.3 Å². The lowest BCUT2D eigenvalue weighted by Crippen LogP contribution is -2.13.